The molecular weight excluding hydrogens is 310 g/mol. The third kappa shape index (κ3) is 4.41. The van der Waals surface area contributed by atoms with Crippen molar-refractivity contribution in [1.82, 2.24) is 4.57 Å². The summed E-state index contributed by atoms with van der Waals surface area (Å²) in [6.07, 6.45) is 3.13. The van der Waals surface area contributed by atoms with Gasteiger partial charge in [0.2, 0.25) is 10.0 Å². The average molecular weight is 328 g/mol. The molecule has 0 aliphatic carbocycles. The van der Waals surface area contributed by atoms with Gasteiger partial charge in [-0.05, 0) is 37.3 Å². The van der Waals surface area contributed by atoms with Crippen molar-refractivity contribution >= 4 is 33.0 Å². The molecule has 0 spiro atoms. The summed E-state index contributed by atoms with van der Waals surface area (Å²) in [4.78, 5) is 0. The largest absolute Gasteiger partial charge is 0.378 e. The molecule has 0 unspecified atom stereocenters. The van der Waals surface area contributed by atoms with E-state index in [9.17, 15) is 8.42 Å². The van der Waals surface area contributed by atoms with E-state index in [2.05, 4.69) is 21.5 Å². The molecule has 0 aliphatic heterocycles. The van der Waals surface area contributed by atoms with E-state index in [0.717, 1.165) is 18.5 Å². The first kappa shape index (κ1) is 15.7. The summed E-state index contributed by atoms with van der Waals surface area (Å²) in [7, 11) is -3.30. The number of anilines is 2. The topological polar surface area (TPSA) is 63.1 Å². The van der Waals surface area contributed by atoms with Gasteiger partial charge < -0.3 is 9.88 Å². The molecule has 0 radical (unpaired) electrons. The molecule has 2 N–H and O–H groups in total. The van der Waals surface area contributed by atoms with Crippen LogP contribution in [-0.4, -0.2) is 19.2 Å². The molecule has 0 saturated carbocycles. The lowest BCUT2D eigenvalue weighted by Gasteiger charge is -2.12. The van der Waals surface area contributed by atoms with Crippen LogP contribution >= 0.6 is 11.6 Å². The Hall–Kier alpha value is -1.66. The molecule has 0 saturated heterocycles. The summed E-state index contributed by atoms with van der Waals surface area (Å²) in [6.45, 7) is 3.59. The molecule has 0 bridgehead atoms. The number of nitrogens with zero attached hydrogens (tertiary/aromatic N) is 1. The predicted octanol–water partition coefficient (Wildman–Crippen LogP) is 3.15. The van der Waals surface area contributed by atoms with Crippen LogP contribution in [0.4, 0.5) is 11.4 Å². The molecule has 7 heteroatoms. The third-order valence-corrected chi connectivity index (χ3v) is 3.93. The van der Waals surface area contributed by atoms with Crippen LogP contribution in [0.1, 0.15) is 12.6 Å². The van der Waals surface area contributed by atoms with Crippen molar-refractivity contribution in [2.24, 2.45) is 0 Å². The summed E-state index contributed by atoms with van der Waals surface area (Å²) in [5.41, 5.74) is 2.31. The van der Waals surface area contributed by atoms with Gasteiger partial charge in [0.05, 0.1) is 29.2 Å². The van der Waals surface area contributed by atoms with Crippen LogP contribution in [0.25, 0.3) is 0 Å². The number of aryl methyl sites for hydroxylation is 1. The lowest BCUT2D eigenvalue weighted by molar-refractivity contribution is 0.607. The maximum Gasteiger partial charge on any atom is 0.229 e. The van der Waals surface area contributed by atoms with E-state index in [-0.39, 0.29) is 0 Å². The van der Waals surface area contributed by atoms with Crippen molar-refractivity contribution in [2.75, 3.05) is 16.3 Å². The van der Waals surface area contributed by atoms with E-state index in [0.29, 0.717) is 22.9 Å². The zero-order chi connectivity index (χ0) is 15.5. The SMILES string of the molecule is CCn1cccc1CNc1cc(NS(C)(=O)=O)ccc1Cl. The monoisotopic (exact) mass is 327 g/mol. The minimum Gasteiger partial charge on any atom is -0.378 e. The minimum absolute atomic E-state index is 0.482. The number of rotatable bonds is 6. The third-order valence-electron chi connectivity index (χ3n) is 2.99. The van der Waals surface area contributed by atoms with Gasteiger partial charge in [0, 0.05) is 18.4 Å². The van der Waals surface area contributed by atoms with Gasteiger partial charge in [-0.3, -0.25) is 4.72 Å². The highest BCUT2D eigenvalue weighted by molar-refractivity contribution is 7.92. The van der Waals surface area contributed by atoms with E-state index in [1.165, 1.54) is 0 Å². The molecule has 0 fully saturated rings. The van der Waals surface area contributed by atoms with Gasteiger partial charge in [-0.25, -0.2) is 8.42 Å². The molecule has 21 heavy (non-hydrogen) atoms. The highest BCUT2D eigenvalue weighted by Crippen LogP contribution is 2.26. The Morgan fingerprint density at radius 1 is 1.29 bits per heavy atom. The number of halogens is 1. The van der Waals surface area contributed by atoms with Crippen molar-refractivity contribution in [3.63, 3.8) is 0 Å². The fraction of sp³-hybridized carbons (Fsp3) is 0.286. The van der Waals surface area contributed by atoms with E-state index in [1.807, 2.05) is 18.3 Å². The van der Waals surface area contributed by atoms with Crippen molar-refractivity contribution in [1.29, 1.82) is 0 Å². The van der Waals surface area contributed by atoms with E-state index < -0.39 is 10.0 Å². The molecule has 0 aliphatic rings. The van der Waals surface area contributed by atoms with Gasteiger partial charge in [0.15, 0.2) is 0 Å². The quantitative estimate of drug-likeness (QED) is 0.856. The Labute approximate surface area is 130 Å². The maximum absolute atomic E-state index is 11.3. The number of aromatic nitrogens is 1. The van der Waals surface area contributed by atoms with Crippen LogP contribution in [0, 0.1) is 0 Å². The Kier molecular flexibility index (Phi) is 4.80. The van der Waals surface area contributed by atoms with Crippen LogP contribution in [-0.2, 0) is 23.1 Å². The summed E-state index contributed by atoms with van der Waals surface area (Å²) < 4.78 is 27.1. The van der Waals surface area contributed by atoms with Gasteiger partial charge in [-0.2, -0.15) is 0 Å². The Morgan fingerprint density at radius 3 is 2.71 bits per heavy atom. The second kappa shape index (κ2) is 6.41. The first-order valence-corrected chi connectivity index (χ1v) is 8.81. The zero-order valence-corrected chi connectivity index (χ0v) is 13.5. The van der Waals surface area contributed by atoms with Gasteiger partial charge in [0.25, 0.3) is 0 Å². The smallest absolute Gasteiger partial charge is 0.229 e. The molecular formula is C14H18ClN3O2S. The van der Waals surface area contributed by atoms with E-state index >= 15 is 0 Å². The number of benzene rings is 1. The predicted molar refractivity (Wildman–Crippen MR) is 87.4 cm³/mol. The molecule has 114 valence electrons. The lowest BCUT2D eigenvalue weighted by Crippen LogP contribution is -2.10. The van der Waals surface area contributed by atoms with Crippen molar-refractivity contribution < 1.29 is 8.42 Å². The van der Waals surface area contributed by atoms with Gasteiger partial charge >= 0.3 is 0 Å². The highest BCUT2D eigenvalue weighted by atomic mass is 35.5. The summed E-state index contributed by atoms with van der Waals surface area (Å²) in [5, 5.41) is 3.77. The number of sulfonamides is 1. The maximum atomic E-state index is 11.3. The van der Waals surface area contributed by atoms with E-state index in [1.54, 1.807) is 18.2 Å². The number of hydrogen-bond donors (Lipinski definition) is 2. The summed E-state index contributed by atoms with van der Waals surface area (Å²) in [6, 6.07) is 8.99. The second-order valence-corrected chi connectivity index (χ2v) is 6.86. The molecule has 1 aromatic heterocycles. The molecule has 2 aromatic rings. The first-order valence-electron chi connectivity index (χ1n) is 6.54. The van der Waals surface area contributed by atoms with Crippen LogP contribution in [0.5, 0.6) is 0 Å². The normalized spacial score (nSPS) is 11.4. The van der Waals surface area contributed by atoms with Gasteiger partial charge in [-0.1, -0.05) is 11.6 Å². The highest BCUT2D eigenvalue weighted by Gasteiger charge is 2.07. The standard InChI is InChI=1S/C14H18ClN3O2S/c1-3-18-8-4-5-12(18)10-16-14-9-11(6-7-13(14)15)17-21(2,19)20/h4-9,16-17H,3,10H2,1-2H3. The lowest BCUT2D eigenvalue weighted by atomic mass is 10.2. The fourth-order valence-electron chi connectivity index (χ4n) is 2.04. The average Bonchev–Trinajstić information content (AvgIpc) is 2.85. The van der Waals surface area contributed by atoms with Crippen LogP contribution in [0.2, 0.25) is 5.02 Å². The molecule has 0 amide bonds. The van der Waals surface area contributed by atoms with E-state index in [4.69, 9.17) is 11.6 Å². The molecule has 5 nitrogen and oxygen atoms in total. The molecule has 1 heterocycles. The summed E-state index contributed by atoms with van der Waals surface area (Å²) >= 11 is 6.13. The van der Waals surface area contributed by atoms with Crippen molar-refractivity contribution in [3.05, 3.63) is 47.2 Å². The van der Waals surface area contributed by atoms with Crippen molar-refractivity contribution in [2.45, 2.75) is 20.0 Å². The van der Waals surface area contributed by atoms with Crippen molar-refractivity contribution in [3.8, 4) is 0 Å². The second-order valence-electron chi connectivity index (χ2n) is 4.71. The van der Waals surface area contributed by atoms with Gasteiger partial charge in [0.1, 0.15) is 0 Å². The first-order chi connectivity index (χ1) is 9.89. The molecule has 1 aromatic carbocycles. The Morgan fingerprint density at radius 2 is 2.05 bits per heavy atom. The molecule has 2 rings (SSSR count). The Balaban J connectivity index is 2.14. The minimum atomic E-state index is -3.30. The fourth-order valence-corrected chi connectivity index (χ4v) is 2.78. The number of nitrogens with one attached hydrogen (secondary N) is 2. The van der Waals surface area contributed by atoms with Crippen LogP contribution in [0.3, 0.4) is 0 Å². The van der Waals surface area contributed by atoms with Crippen LogP contribution < -0.4 is 10.0 Å². The zero-order valence-electron chi connectivity index (χ0n) is 11.9. The number of hydrogen-bond acceptors (Lipinski definition) is 3. The Bertz CT molecular complexity index is 726. The summed E-state index contributed by atoms with van der Waals surface area (Å²) in [5.74, 6) is 0. The van der Waals surface area contributed by atoms with Gasteiger partial charge in [-0.15, -0.1) is 0 Å². The molecule has 0 atom stereocenters. The van der Waals surface area contributed by atoms with Crippen LogP contribution in [0.15, 0.2) is 36.5 Å².